The Hall–Kier alpha value is -14.4. The molecule has 141 heavy (non-hydrogen) atoms. The molecule has 5 aliphatic rings. The lowest BCUT2D eigenvalue weighted by atomic mass is 9.79. The first-order valence-electron chi connectivity index (χ1n) is 46.8. The minimum atomic E-state index is -0.236. The maximum atomic E-state index is 12.1. The van der Waals surface area contributed by atoms with Gasteiger partial charge in [-0.05, 0) is 252 Å². The zero-order chi connectivity index (χ0) is 101. The van der Waals surface area contributed by atoms with Crippen molar-refractivity contribution in [2.45, 2.75) is 184 Å². The molecule has 4 unspecified atom stereocenters. The van der Waals surface area contributed by atoms with Crippen LogP contribution in [0.5, 0.6) is 0 Å². The molecule has 2 saturated heterocycles. The summed E-state index contributed by atoms with van der Waals surface area (Å²) in [4.78, 5) is 104. The topological polar surface area (TPSA) is 284 Å². The molecule has 0 bridgehead atoms. The largest absolute Gasteiger partial charge is 0.396 e. The number of carbonyl (C=O) groups excluding carboxylic acids is 5. The highest BCUT2D eigenvalue weighted by Crippen LogP contribution is 2.51. The third-order valence-electron chi connectivity index (χ3n) is 28.8. The molecule has 4 amide bonds. The Balaban J connectivity index is 0.000000127. The molecule has 10 aromatic heterocycles. The second-order valence-corrected chi connectivity index (χ2v) is 39.6. The molecule has 12 heterocycles. The fourth-order valence-corrected chi connectivity index (χ4v) is 21.3. The van der Waals surface area contributed by atoms with Gasteiger partial charge in [0.15, 0.2) is 28.4 Å². The number of rotatable bonds is 14. The van der Waals surface area contributed by atoms with E-state index < -0.39 is 0 Å². The number of Topliss-reactive ketones (excluding diaryl/α,β-unsaturated/α-hetero) is 1. The molecule has 3 saturated carbocycles. The van der Waals surface area contributed by atoms with E-state index in [0.29, 0.717) is 90.5 Å². The predicted molar refractivity (Wildman–Crippen MR) is 564 cm³/mol. The monoisotopic (exact) mass is 1980 g/mol. The number of likely N-dealkylation sites (tertiary alicyclic amines) is 2. The number of hydrogen-bond acceptors (Lipinski definition) is 12. The van der Waals surface area contributed by atoms with Crippen molar-refractivity contribution in [2.24, 2.45) is 17.6 Å². The lowest BCUT2D eigenvalue weighted by molar-refractivity contribution is -0.132. The standard InChI is InChI=1S/C23H23ClN4O.C22H22ClN5O.2C22H21ClN4O.C21H19ClN4O/c1-13-6-22-18(9-21(13)25-4)20(19-11-26-10-14(2)23(19)24)12-28(22)17-7-16(8-17)27(5)15(3)29;1-4-21(29)27-6-5-14(11-27)28-12-17(16-9-26-10-18(24)22(16)23)15-8-19(25-3)13(2)7-20(15)28;1-13-7-21-17(8-20(13)24-4)19(18-10-25-9-14(2)22(18)23)12-27(21)16-5-6-26(11-16)15(3)28;1-12-6-21-16(8-20(12)25-3)18(17-9-26-10-19(24)22(17)23)11-27(21)15-5-4-14(7-15)13(2)28;1-11-4-19-15(7-18(11)24-3)17(16-9-25-8-12(2)20(16)22)10-26(19)14-5-13(6-14)21(23)27/h6,9-12,16-17H,7-8H2,1-3,5H3;7-10,12,14H,4-6,11,24H2,1-2H3;7-10,12,16H,5-6,11H2,1-3H3;6,8-11,14-15H,4-5,7,24H2,1-2H3;4,7-10,13-14H,5-6H2,1-2H3,(H2,23,27). The molecular weight excluding hydrogens is 1870 g/mol. The van der Waals surface area contributed by atoms with Crippen LogP contribution in [-0.4, -0.2) is 131 Å². The summed E-state index contributed by atoms with van der Waals surface area (Å²) in [5.74, 6) is 0.460. The van der Waals surface area contributed by atoms with E-state index in [0.717, 1.165) is 226 Å². The highest BCUT2D eigenvalue weighted by molar-refractivity contribution is 6.37. The number of aromatic nitrogens is 10. The molecule has 15 aromatic rings. The first-order valence-corrected chi connectivity index (χ1v) is 48.7. The van der Waals surface area contributed by atoms with Crippen LogP contribution in [0.15, 0.2) is 154 Å². The number of aryl methyl sites for hydroxylation is 8. The number of benzene rings is 5. The molecule has 716 valence electrons. The summed E-state index contributed by atoms with van der Waals surface area (Å²) >= 11 is 32.8. The highest BCUT2D eigenvalue weighted by atomic mass is 35.5. The number of pyridine rings is 5. The second-order valence-electron chi connectivity index (χ2n) is 37.7. The van der Waals surface area contributed by atoms with Crippen molar-refractivity contribution in [3.63, 3.8) is 0 Å². The van der Waals surface area contributed by atoms with Crippen molar-refractivity contribution in [1.82, 2.24) is 62.5 Å². The average Bonchev–Trinajstić information content (AvgIpc) is 1.61. The lowest BCUT2D eigenvalue weighted by Gasteiger charge is -2.41. The zero-order valence-electron chi connectivity index (χ0n) is 80.7. The van der Waals surface area contributed by atoms with Crippen molar-refractivity contribution in [2.75, 3.05) is 44.7 Å². The van der Waals surface area contributed by atoms with Gasteiger partial charge in [0.05, 0.1) is 93.8 Å². The van der Waals surface area contributed by atoms with E-state index in [9.17, 15) is 24.0 Å². The smallest absolute Gasteiger partial charge is 0.222 e. The van der Waals surface area contributed by atoms with Gasteiger partial charge in [0.1, 0.15) is 5.78 Å². The van der Waals surface area contributed by atoms with Crippen LogP contribution in [0, 0.1) is 100 Å². The number of ketones is 1. The molecule has 5 fully saturated rings. The van der Waals surface area contributed by atoms with Gasteiger partial charge in [-0.25, -0.2) is 24.2 Å². The minimum absolute atomic E-state index is 0.0660. The summed E-state index contributed by atoms with van der Waals surface area (Å²) < 4.78 is 11.2. The average molecular weight is 1980 g/mol. The third kappa shape index (κ3) is 19.4. The molecule has 0 spiro atoms. The normalized spacial score (nSPS) is 17.8. The first kappa shape index (κ1) is 99.6. The van der Waals surface area contributed by atoms with Crippen LogP contribution in [0.3, 0.4) is 0 Å². The van der Waals surface area contributed by atoms with Gasteiger partial charge in [-0.15, -0.1) is 0 Å². The van der Waals surface area contributed by atoms with Crippen LogP contribution in [0.25, 0.3) is 134 Å². The van der Waals surface area contributed by atoms with Crippen LogP contribution < -0.4 is 17.2 Å². The number of carbonyl (C=O) groups is 5. The molecule has 5 aromatic carbocycles. The SMILES string of the molecule is [C-]#[N+]c1cc2c(-c3cncc(C)c3Cl)cn(C3CC(C(N)=O)C3)c2cc1C.[C-]#[N+]c1cc2c(-c3cncc(C)c3Cl)cn(C3CC(N(C)C(C)=O)C3)c2cc1C.[C-]#[N+]c1cc2c(-c3cncc(C)c3Cl)cn(C3CCN(C(C)=O)C3)c2cc1C.[C-]#[N+]c1cc2c(-c3cncc(N)c3Cl)cn(C3CCC(C(C)=O)C3)c2cc1C.[C-]#[N+]c1cc2c(-c3cncc(N)c3Cl)cn(C3CCN(C(=O)CC)C3)c2cc1C. The van der Waals surface area contributed by atoms with Gasteiger partial charge < -0.3 is 54.7 Å². The van der Waals surface area contributed by atoms with Crippen LogP contribution in [-0.2, 0) is 24.0 Å². The molecule has 3 aliphatic carbocycles. The van der Waals surface area contributed by atoms with Crippen molar-refractivity contribution in [3.05, 3.63) is 280 Å². The quantitative estimate of drug-likeness (QED) is 0.0857. The molecule has 4 atom stereocenters. The Morgan fingerprint density at radius 3 is 0.950 bits per heavy atom. The summed E-state index contributed by atoms with van der Waals surface area (Å²) in [5.41, 5.74) is 43.0. The summed E-state index contributed by atoms with van der Waals surface area (Å²) in [6.07, 6.45) is 35.9. The van der Waals surface area contributed by atoms with Gasteiger partial charge >= 0.3 is 0 Å². The summed E-state index contributed by atoms with van der Waals surface area (Å²) in [6.45, 7) is 62.7. The number of primary amides is 1. The van der Waals surface area contributed by atoms with Gasteiger partial charge in [0.25, 0.3) is 0 Å². The number of amides is 4. The van der Waals surface area contributed by atoms with E-state index in [1.165, 1.54) is 12.4 Å². The fourth-order valence-electron chi connectivity index (χ4n) is 20.3. The molecule has 31 heteroatoms. The summed E-state index contributed by atoms with van der Waals surface area (Å²) in [7, 11) is 1.87. The van der Waals surface area contributed by atoms with Gasteiger partial charge in [0, 0.05) is 253 Å². The Labute approximate surface area is 844 Å². The van der Waals surface area contributed by atoms with E-state index >= 15 is 0 Å². The Bertz CT molecular complexity index is 7670. The summed E-state index contributed by atoms with van der Waals surface area (Å²) in [6, 6.07) is 21.4. The van der Waals surface area contributed by atoms with E-state index in [4.69, 9.17) is 108 Å². The first-order chi connectivity index (χ1) is 67.5. The van der Waals surface area contributed by atoms with Crippen LogP contribution in [0.1, 0.15) is 167 Å². The second kappa shape index (κ2) is 41.2. The Kier molecular flexibility index (Phi) is 29.1. The minimum Gasteiger partial charge on any atom is -0.396 e. The maximum Gasteiger partial charge on any atom is 0.222 e. The van der Waals surface area contributed by atoms with Crippen molar-refractivity contribution in [3.8, 4) is 55.6 Å². The van der Waals surface area contributed by atoms with Gasteiger partial charge in [-0.3, -0.25) is 48.9 Å². The van der Waals surface area contributed by atoms with Gasteiger partial charge in [0.2, 0.25) is 23.6 Å². The van der Waals surface area contributed by atoms with Crippen molar-refractivity contribution in [1.29, 1.82) is 0 Å². The molecule has 2 aliphatic heterocycles. The number of nitrogen functional groups attached to an aromatic ring is 2. The van der Waals surface area contributed by atoms with Crippen molar-refractivity contribution >= 4 is 182 Å². The van der Waals surface area contributed by atoms with E-state index in [2.05, 4.69) is 121 Å². The highest BCUT2D eigenvalue weighted by Gasteiger charge is 2.39. The summed E-state index contributed by atoms with van der Waals surface area (Å²) in [5, 5.41) is 7.83. The molecule has 0 radical (unpaired) electrons. The lowest BCUT2D eigenvalue weighted by Crippen LogP contribution is -2.45. The molecule has 6 N–H and O–H groups in total. The maximum absolute atomic E-state index is 12.1. The third-order valence-corrected chi connectivity index (χ3v) is 31.2. The zero-order valence-corrected chi connectivity index (χ0v) is 84.4. The Morgan fingerprint density at radius 2 is 0.660 bits per heavy atom. The van der Waals surface area contributed by atoms with Gasteiger partial charge in [-0.1, -0.05) is 64.9 Å². The van der Waals surface area contributed by atoms with Gasteiger partial charge in [-0.2, -0.15) is 0 Å². The van der Waals surface area contributed by atoms with Crippen LogP contribution in [0.4, 0.5) is 39.8 Å². The number of fused-ring (bicyclic) bond motifs is 5. The number of nitrogens with zero attached hydrogens (tertiary/aromatic N) is 18. The van der Waals surface area contributed by atoms with Crippen molar-refractivity contribution < 1.29 is 24.0 Å². The number of halogens is 5. The number of hydrogen-bond donors (Lipinski definition) is 3. The van der Waals surface area contributed by atoms with E-state index in [1.807, 2.05) is 127 Å². The Morgan fingerprint density at radius 1 is 0.369 bits per heavy atom. The van der Waals surface area contributed by atoms with E-state index in [-0.39, 0.29) is 71.5 Å². The number of nitrogens with two attached hydrogens (primary N) is 3. The van der Waals surface area contributed by atoms with Crippen LogP contribution >= 0.6 is 58.0 Å². The fraction of sp³-hybridized carbons (Fsp3) is 0.318. The van der Waals surface area contributed by atoms with Crippen LogP contribution in [0.2, 0.25) is 25.1 Å². The molecular formula is C110H106Cl5N21O5. The number of anilines is 2. The van der Waals surface area contributed by atoms with E-state index in [1.54, 1.807) is 70.3 Å². The molecule has 20 rings (SSSR count). The predicted octanol–water partition coefficient (Wildman–Crippen LogP) is 26.7. The molecule has 26 nitrogen and oxygen atoms in total.